The van der Waals surface area contributed by atoms with Crippen LogP contribution in [0.1, 0.15) is 151 Å². The van der Waals surface area contributed by atoms with E-state index in [1.54, 1.807) is 6.07 Å². The quantitative estimate of drug-likeness (QED) is 0.129. The van der Waals surface area contributed by atoms with Gasteiger partial charge in [0.25, 0.3) is 0 Å². The second-order valence-electron chi connectivity index (χ2n) is 28.8. The fourth-order valence-corrected chi connectivity index (χ4v) is 13.3. The molecule has 450 valence electrons. The van der Waals surface area contributed by atoms with E-state index in [-0.39, 0.29) is 57.0 Å². The van der Waals surface area contributed by atoms with Crippen LogP contribution in [0.15, 0.2) is 199 Å². The Morgan fingerprint density at radius 1 is 0.517 bits per heavy atom. The van der Waals surface area contributed by atoms with Gasteiger partial charge in [-0.2, -0.15) is 0 Å². The molecule has 0 fully saturated rings. The standard InChI is InChI=1S/C82H83FN4O2/c1-16-82(15,17-2)54-40-41-84-72(47-54)87-70-39-38-63-62-30-24-33-67(83)76(62)89-77(63)74(70)64-37-36-58(49-71(64)87)88-59-45-53(73-65(80(9,10)11)31-25-32-66(73)81(12,13)14)44-57(48-59)85-50-86(69-35-22-21-34-68(69)85)75-60(51-26-19-18-20-27-51)28-23-29-61(75)52-42-55(78(3,4)5)46-56(43-52)79(6,7)8/h18-49H,16-17,50H2,1-15H3/i18D,19D,20D,26D,27D. The van der Waals surface area contributed by atoms with E-state index in [4.69, 9.17) is 18.3 Å². The van der Waals surface area contributed by atoms with Crippen molar-refractivity contribution < 1.29 is 20.4 Å². The highest BCUT2D eigenvalue weighted by atomic mass is 19.1. The third kappa shape index (κ3) is 10.4. The van der Waals surface area contributed by atoms with Crippen molar-refractivity contribution in [1.29, 1.82) is 0 Å². The van der Waals surface area contributed by atoms with Crippen molar-refractivity contribution in [2.24, 2.45) is 0 Å². The van der Waals surface area contributed by atoms with Crippen LogP contribution in [0.3, 0.4) is 0 Å². The summed E-state index contributed by atoms with van der Waals surface area (Å²) < 4.78 is 77.5. The molecule has 0 aliphatic carbocycles. The Morgan fingerprint density at radius 3 is 1.79 bits per heavy atom. The van der Waals surface area contributed by atoms with Crippen LogP contribution in [-0.4, -0.2) is 16.2 Å². The lowest BCUT2D eigenvalue weighted by molar-refractivity contribution is 0.438. The fourth-order valence-electron chi connectivity index (χ4n) is 13.3. The van der Waals surface area contributed by atoms with Gasteiger partial charge < -0.3 is 19.0 Å². The second-order valence-corrected chi connectivity index (χ2v) is 28.8. The number of benzene rings is 9. The topological polar surface area (TPSA) is 46.7 Å². The average molecular weight is 1180 g/mol. The number of ether oxygens (including phenoxy) is 1. The summed E-state index contributed by atoms with van der Waals surface area (Å²) in [6, 6.07) is 52.2. The SMILES string of the molecule is [2H]c1c([2H])c([2H])c(-c2cccc(-c3cc(C(C)(C)C)cc(C(C)(C)C)c3)c2N2CN(c3cc(Oc4ccc5c6c7oc8c(F)cccc8c7ccc6n(-c6cc(C(C)(CC)CC)ccn6)c5c4)cc(-c4c(C(C)(C)C)cccc4C(C)(C)C)c3)c3ccccc32)c([2H])c1[2H]. The lowest BCUT2D eigenvalue weighted by Gasteiger charge is -2.31. The van der Waals surface area contributed by atoms with Crippen molar-refractivity contribution in [2.45, 2.75) is 144 Å². The molecule has 0 spiro atoms. The molecule has 0 saturated heterocycles. The molecule has 0 radical (unpaired) electrons. The fraction of sp³-hybridized carbons (Fsp3) is 0.280. The summed E-state index contributed by atoms with van der Waals surface area (Å²) in [6.07, 6.45) is 3.80. The maximum Gasteiger partial charge on any atom is 0.171 e. The van der Waals surface area contributed by atoms with Crippen molar-refractivity contribution in [3.63, 3.8) is 0 Å². The number of anilines is 4. The number of pyridine rings is 1. The minimum atomic E-state index is -0.444. The van der Waals surface area contributed by atoms with E-state index >= 15 is 4.39 Å². The molecule has 1 aliphatic rings. The maximum atomic E-state index is 15.6. The van der Waals surface area contributed by atoms with Gasteiger partial charge in [0, 0.05) is 51.3 Å². The predicted molar refractivity (Wildman–Crippen MR) is 373 cm³/mol. The number of fused-ring (bicyclic) bond motifs is 8. The lowest BCUT2D eigenvalue weighted by Crippen LogP contribution is -2.25. The van der Waals surface area contributed by atoms with Crippen LogP contribution in [0.4, 0.5) is 27.1 Å². The van der Waals surface area contributed by atoms with E-state index in [9.17, 15) is 2.74 Å². The Kier molecular flexibility index (Phi) is 12.9. The number of hydrogen-bond acceptors (Lipinski definition) is 5. The number of hydrogen-bond donors (Lipinski definition) is 0. The number of para-hydroxylation sites is 4. The number of nitrogens with zero attached hydrogens (tertiary/aromatic N) is 4. The summed E-state index contributed by atoms with van der Waals surface area (Å²) in [5, 5.41) is 3.27. The lowest BCUT2D eigenvalue weighted by atomic mass is 9.74. The first kappa shape index (κ1) is 53.1. The molecule has 12 aromatic rings. The minimum absolute atomic E-state index is 0.0907. The molecule has 7 heteroatoms. The summed E-state index contributed by atoms with van der Waals surface area (Å²) >= 11 is 0. The molecular formula is C82H83FN4O2. The molecule has 9 aromatic carbocycles. The summed E-state index contributed by atoms with van der Waals surface area (Å²) in [6.45, 7) is 34.0. The third-order valence-electron chi connectivity index (χ3n) is 18.8. The summed E-state index contributed by atoms with van der Waals surface area (Å²) in [5.41, 5.74) is 15.2. The smallest absolute Gasteiger partial charge is 0.171 e. The predicted octanol–water partition coefficient (Wildman–Crippen LogP) is 23.5. The highest BCUT2D eigenvalue weighted by molar-refractivity contribution is 6.24. The Hall–Kier alpha value is -8.94. The van der Waals surface area contributed by atoms with Crippen LogP contribution in [0.2, 0.25) is 0 Å². The maximum absolute atomic E-state index is 15.6. The van der Waals surface area contributed by atoms with Gasteiger partial charge in [-0.25, -0.2) is 9.37 Å². The van der Waals surface area contributed by atoms with Crippen molar-refractivity contribution >= 4 is 66.5 Å². The first-order chi connectivity index (χ1) is 44.4. The third-order valence-corrected chi connectivity index (χ3v) is 18.8. The van der Waals surface area contributed by atoms with Gasteiger partial charge in [0.15, 0.2) is 11.4 Å². The molecule has 1 aliphatic heterocycles. The summed E-state index contributed by atoms with van der Waals surface area (Å²) in [7, 11) is 0. The van der Waals surface area contributed by atoms with Crippen LogP contribution in [0.5, 0.6) is 11.5 Å². The first-order valence-electron chi connectivity index (χ1n) is 33.9. The Balaban J connectivity index is 1.05. The van der Waals surface area contributed by atoms with Crippen molar-refractivity contribution in [3.05, 3.63) is 228 Å². The largest absolute Gasteiger partial charge is 0.457 e. The number of rotatable bonds is 11. The second kappa shape index (κ2) is 21.7. The molecule has 3 aromatic heterocycles. The molecule has 4 heterocycles. The summed E-state index contributed by atoms with van der Waals surface area (Å²) in [5.74, 6) is 1.51. The molecule has 89 heavy (non-hydrogen) atoms. The van der Waals surface area contributed by atoms with E-state index < -0.39 is 23.9 Å². The normalized spacial score (nSPS) is 14.2. The minimum Gasteiger partial charge on any atom is -0.457 e. The van der Waals surface area contributed by atoms with Gasteiger partial charge in [-0.05, 0) is 157 Å². The van der Waals surface area contributed by atoms with E-state index in [0.717, 1.165) is 96.3 Å². The van der Waals surface area contributed by atoms with Crippen LogP contribution < -0.4 is 14.5 Å². The highest BCUT2D eigenvalue weighted by Crippen LogP contribution is 2.53. The van der Waals surface area contributed by atoms with Gasteiger partial charge >= 0.3 is 0 Å². The van der Waals surface area contributed by atoms with Crippen LogP contribution in [0, 0.1) is 5.82 Å². The van der Waals surface area contributed by atoms with Gasteiger partial charge in [0.1, 0.15) is 29.6 Å². The molecule has 6 nitrogen and oxygen atoms in total. The zero-order chi connectivity index (χ0) is 67.0. The molecule has 0 N–H and O–H groups in total. The molecule has 0 atom stereocenters. The monoisotopic (exact) mass is 1180 g/mol. The zero-order valence-electron chi connectivity index (χ0n) is 59.2. The average Bonchev–Trinajstić information content (AvgIpc) is 1.55. The zero-order valence-corrected chi connectivity index (χ0v) is 54.2. The van der Waals surface area contributed by atoms with E-state index in [0.29, 0.717) is 33.7 Å². The van der Waals surface area contributed by atoms with Gasteiger partial charge in [-0.15, -0.1) is 0 Å². The van der Waals surface area contributed by atoms with Crippen LogP contribution in [0.25, 0.3) is 82.9 Å². The van der Waals surface area contributed by atoms with Crippen molar-refractivity contribution in [2.75, 3.05) is 16.5 Å². The van der Waals surface area contributed by atoms with Gasteiger partial charge in [0.05, 0.1) is 40.3 Å². The van der Waals surface area contributed by atoms with E-state index in [2.05, 4.69) is 221 Å². The molecule has 0 bridgehead atoms. The van der Waals surface area contributed by atoms with Crippen LogP contribution in [-0.2, 0) is 27.1 Å². The Bertz CT molecular complexity index is 4950. The van der Waals surface area contributed by atoms with Gasteiger partial charge in [-0.1, -0.05) is 213 Å². The number of furan rings is 1. The number of aromatic nitrogens is 2. The highest BCUT2D eigenvalue weighted by Gasteiger charge is 2.35. The Labute approximate surface area is 532 Å². The van der Waals surface area contributed by atoms with Crippen LogP contribution >= 0.6 is 0 Å². The van der Waals surface area contributed by atoms with E-state index in [1.807, 2.05) is 48.7 Å². The molecule has 0 saturated carbocycles. The first-order valence-corrected chi connectivity index (χ1v) is 31.4. The van der Waals surface area contributed by atoms with Gasteiger partial charge in [-0.3, -0.25) is 4.57 Å². The van der Waals surface area contributed by atoms with Gasteiger partial charge in [0.2, 0.25) is 0 Å². The molecule has 0 unspecified atom stereocenters. The molecule has 13 rings (SSSR count). The Morgan fingerprint density at radius 2 is 1.13 bits per heavy atom. The summed E-state index contributed by atoms with van der Waals surface area (Å²) in [4.78, 5) is 9.65. The van der Waals surface area contributed by atoms with Crippen molar-refractivity contribution in [1.82, 2.24) is 9.55 Å². The van der Waals surface area contributed by atoms with Crippen molar-refractivity contribution in [3.8, 4) is 50.7 Å². The molecular weight excluding hydrogens is 1090 g/mol. The number of halogens is 1. The molecule has 0 amide bonds. The van der Waals surface area contributed by atoms with E-state index in [1.165, 1.54) is 22.8 Å².